The molecule has 1 aliphatic carbocycles. The lowest BCUT2D eigenvalue weighted by Gasteiger charge is -2.40. The maximum absolute atomic E-state index is 11.0. The Hall–Kier alpha value is -0.810. The van der Waals surface area contributed by atoms with Crippen molar-refractivity contribution in [1.29, 1.82) is 0 Å². The van der Waals surface area contributed by atoms with Crippen molar-refractivity contribution in [3.05, 3.63) is 16.5 Å². The van der Waals surface area contributed by atoms with Gasteiger partial charge in [-0.2, -0.15) is 11.8 Å². The summed E-state index contributed by atoms with van der Waals surface area (Å²) in [6.07, 6.45) is 6.51. The van der Waals surface area contributed by atoms with E-state index in [2.05, 4.69) is 21.5 Å². The van der Waals surface area contributed by atoms with E-state index < -0.39 is 0 Å². The molecule has 0 saturated heterocycles. The lowest BCUT2D eigenvalue weighted by Crippen LogP contribution is -2.40. The highest BCUT2D eigenvalue weighted by Gasteiger charge is 2.36. The van der Waals surface area contributed by atoms with Gasteiger partial charge in [0, 0.05) is 11.3 Å². The fraction of sp³-hybridized carbons (Fsp3) is 0.583. The Bertz CT molecular complexity index is 457. The van der Waals surface area contributed by atoms with Crippen LogP contribution in [0.5, 0.6) is 0 Å². The van der Waals surface area contributed by atoms with E-state index in [0.717, 1.165) is 6.54 Å². The molecule has 0 amide bonds. The summed E-state index contributed by atoms with van der Waals surface area (Å²) in [5, 5.41) is 3.47. The predicted molar refractivity (Wildman–Crippen MR) is 75.8 cm³/mol. The Morgan fingerprint density at radius 2 is 2.22 bits per heavy atom. The van der Waals surface area contributed by atoms with Gasteiger partial charge >= 0.3 is 0 Å². The number of hydrogen-bond acceptors (Lipinski definition) is 5. The van der Waals surface area contributed by atoms with Crippen LogP contribution in [0, 0.1) is 6.92 Å². The van der Waals surface area contributed by atoms with Gasteiger partial charge in [-0.1, -0.05) is 18.0 Å². The standard InChI is InChI=1S/C12H16ClN3OS/c1-8-15-10(13)9(6-17)11(16-8)14-7-12(18-2)4-3-5-12/h6H,3-5,7H2,1-2H3,(H,14,15,16). The fourth-order valence-corrected chi connectivity index (χ4v) is 3.22. The second-order valence-electron chi connectivity index (χ2n) is 4.54. The van der Waals surface area contributed by atoms with E-state index in [9.17, 15) is 4.79 Å². The summed E-state index contributed by atoms with van der Waals surface area (Å²) in [4.78, 5) is 19.3. The number of hydrogen-bond donors (Lipinski definition) is 1. The van der Waals surface area contributed by atoms with Crippen molar-refractivity contribution in [2.45, 2.75) is 30.9 Å². The minimum atomic E-state index is 0.215. The van der Waals surface area contributed by atoms with Crippen LogP contribution in [0.25, 0.3) is 0 Å². The second-order valence-corrected chi connectivity index (χ2v) is 6.17. The van der Waals surface area contributed by atoms with Crippen LogP contribution in [0.4, 0.5) is 5.82 Å². The molecule has 0 aromatic carbocycles. The van der Waals surface area contributed by atoms with Gasteiger partial charge < -0.3 is 5.32 Å². The molecular formula is C12H16ClN3OS. The van der Waals surface area contributed by atoms with Crippen LogP contribution in [0.2, 0.25) is 5.15 Å². The van der Waals surface area contributed by atoms with Crippen LogP contribution in [0.15, 0.2) is 0 Å². The number of anilines is 1. The normalized spacial score (nSPS) is 17.1. The first-order valence-corrected chi connectivity index (χ1v) is 7.49. The van der Waals surface area contributed by atoms with Gasteiger partial charge in [-0.3, -0.25) is 4.79 Å². The Morgan fingerprint density at radius 1 is 1.50 bits per heavy atom. The lowest BCUT2D eigenvalue weighted by atomic mass is 9.84. The number of nitrogens with one attached hydrogen (secondary N) is 1. The number of carbonyl (C=O) groups is 1. The van der Waals surface area contributed by atoms with Crippen LogP contribution in [0.1, 0.15) is 35.4 Å². The molecule has 98 valence electrons. The molecule has 4 nitrogen and oxygen atoms in total. The molecule has 1 fully saturated rings. The Balaban J connectivity index is 2.15. The van der Waals surface area contributed by atoms with Crippen molar-refractivity contribution in [3.63, 3.8) is 0 Å². The van der Waals surface area contributed by atoms with Gasteiger partial charge in [-0.05, 0) is 26.0 Å². The van der Waals surface area contributed by atoms with Crippen molar-refractivity contribution >= 4 is 35.5 Å². The number of aryl methyl sites for hydroxylation is 1. The number of carbonyl (C=O) groups excluding carboxylic acids is 1. The zero-order valence-corrected chi connectivity index (χ0v) is 12.1. The largest absolute Gasteiger partial charge is 0.368 e. The van der Waals surface area contributed by atoms with E-state index in [-0.39, 0.29) is 9.90 Å². The molecule has 1 N–H and O–H groups in total. The first-order chi connectivity index (χ1) is 8.60. The second kappa shape index (κ2) is 5.45. The predicted octanol–water partition coefficient (Wildman–Crippen LogP) is 2.95. The highest BCUT2D eigenvalue weighted by molar-refractivity contribution is 8.00. The summed E-state index contributed by atoms with van der Waals surface area (Å²) in [7, 11) is 0. The topological polar surface area (TPSA) is 54.9 Å². The van der Waals surface area contributed by atoms with Gasteiger partial charge in [-0.15, -0.1) is 0 Å². The Morgan fingerprint density at radius 3 is 2.72 bits per heavy atom. The molecule has 0 unspecified atom stereocenters. The molecule has 1 aliphatic rings. The van der Waals surface area contributed by atoms with Crippen molar-refractivity contribution in [2.24, 2.45) is 0 Å². The quantitative estimate of drug-likeness (QED) is 0.666. The molecule has 2 rings (SSSR count). The van der Waals surface area contributed by atoms with Gasteiger partial charge in [0.05, 0.1) is 5.56 Å². The minimum absolute atomic E-state index is 0.215. The first-order valence-electron chi connectivity index (χ1n) is 5.88. The zero-order chi connectivity index (χ0) is 13.2. The molecule has 0 radical (unpaired) electrons. The third-order valence-corrected chi connectivity index (χ3v) is 5.11. The van der Waals surface area contributed by atoms with Crippen LogP contribution >= 0.6 is 23.4 Å². The van der Waals surface area contributed by atoms with E-state index >= 15 is 0 Å². The molecule has 1 aromatic rings. The van der Waals surface area contributed by atoms with Gasteiger partial charge in [-0.25, -0.2) is 9.97 Å². The molecule has 6 heteroatoms. The Labute approximate surface area is 116 Å². The maximum Gasteiger partial charge on any atom is 0.156 e. The number of aromatic nitrogens is 2. The van der Waals surface area contributed by atoms with Crippen molar-refractivity contribution in [2.75, 3.05) is 18.1 Å². The fourth-order valence-electron chi connectivity index (χ4n) is 2.06. The highest BCUT2D eigenvalue weighted by atomic mass is 35.5. The minimum Gasteiger partial charge on any atom is -0.368 e. The van der Waals surface area contributed by atoms with Gasteiger partial charge in [0.2, 0.25) is 0 Å². The van der Waals surface area contributed by atoms with Gasteiger partial charge in [0.25, 0.3) is 0 Å². The molecule has 1 heterocycles. The van der Waals surface area contributed by atoms with E-state index in [0.29, 0.717) is 23.5 Å². The van der Waals surface area contributed by atoms with Crippen molar-refractivity contribution in [1.82, 2.24) is 9.97 Å². The Kier molecular flexibility index (Phi) is 4.12. The van der Waals surface area contributed by atoms with Crippen molar-refractivity contribution < 1.29 is 4.79 Å². The van der Waals surface area contributed by atoms with Crippen LogP contribution < -0.4 is 5.32 Å². The smallest absolute Gasteiger partial charge is 0.156 e. The van der Waals surface area contributed by atoms with Crippen LogP contribution in [0.3, 0.4) is 0 Å². The highest BCUT2D eigenvalue weighted by Crippen LogP contribution is 2.42. The average molecular weight is 286 g/mol. The molecule has 18 heavy (non-hydrogen) atoms. The number of halogens is 1. The molecule has 0 spiro atoms. The van der Waals surface area contributed by atoms with E-state index in [1.54, 1.807) is 6.92 Å². The molecule has 0 bridgehead atoms. The van der Waals surface area contributed by atoms with E-state index in [1.807, 2.05) is 11.8 Å². The van der Waals surface area contributed by atoms with Crippen LogP contribution in [-0.2, 0) is 0 Å². The number of aldehydes is 1. The van der Waals surface area contributed by atoms with Crippen LogP contribution in [-0.4, -0.2) is 33.8 Å². The number of thioether (sulfide) groups is 1. The van der Waals surface area contributed by atoms with Crippen molar-refractivity contribution in [3.8, 4) is 0 Å². The summed E-state index contributed by atoms with van der Waals surface area (Å²) in [5.41, 5.74) is 0.345. The van der Waals surface area contributed by atoms with Gasteiger partial charge in [0.1, 0.15) is 16.8 Å². The summed E-state index contributed by atoms with van der Waals surface area (Å²) in [6, 6.07) is 0. The third-order valence-electron chi connectivity index (χ3n) is 3.40. The summed E-state index contributed by atoms with van der Waals surface area (Å²) < 4.78 is 0.283. The van der Waals surface area contributed by atoms with Gasteiger partial charge in [0.15, 0.2) is 6.29 Å². The average Bonchev–Trinajstić information content (AvgIpc) is 2.27. The molecule has 1 aromatic heterocycles. The van der Waals surface area contributed by atoms with E-state index in [1.165, 1.54) is 19.3 Å². The SMILES string of the molecule is CSC1(CNc2nc(C)nc(Cl)c2C=O)CCC1. The summed E-state index contributed by atoms with van der Waals surface area (Å²) in [6.45, 7) is 2.57. The molecule has 1 saturated carbocycles. The monoisotopic (exact) mass is 285 g/mol. The van der Waals surface area contributed by atoms with E-state index in [4.69, 9.17) is 11.6 Å². The third kappa shape index (κ3) is 2.62. The first kappa shape index (κ1) is 13.6. The molecule has 0 atom stereocenters. The maximum atomic E-state index is 11.0. The molecular weight excluding hydrogens is 270 g/mol. The molecule has 0 aliphatic heterocycles. The number of rotatable bonds is 5. The summed E-state index contributed by atoms with van der Waals surface area (Å²) >= 11 is 7.81. The zero-order valence-electron chi connectivity index (χ0n) is 10.5. The summed E-state index contributed by atoms with van der Waals surface area (Å²) in [5.74, 6) is 1.11. The lowest BCUT2D eigenvalue weighted by molar-refractivity contribution is 0.112. The number of nitrogens with zero attached hydrogens (tertiary/aromatic N) is 2.